The molecular weight excluding hydrogens is 211 g/mol. The largest absolute Gasteiger partial charge is 0.376 e. The minimum atomic E-state index is 0. The number of hydrogen-bond acceptors (Lipinski definition) is 1. The van der Waals surface area contributed by atoms with Crippen LogP contribution in [-0.2, 0) is 32.7 Å². The third-order valence-electron chi connectivity index (χ3n) is 1.18. The van der Waals surface area contributed by atoms with E-state index in [1.165, 1.54) is 0 Å². The SMILES string of the molecule is [CH-]1CNC1.[Y].[c-]1ccccc1. The molecule has 1 nitrogen and oxygen atoms in total. The molecule has 0 atom stereocenters. The van der Waals surface area contributed by atoms with E-state index in [2.05, 4.69) is 17.8 Å². The molecule has 0 saturated carbocycles. The van der Waals surface area contributed by atoms with Crippen LogP contribution in [0.1, 0.15) is 0 Å². The van der Waals surface area contributed by atoms with Gasteiger partial charge in [-0.05, 0) is 0 Å². The molecule has 11 heavy (non-hydrogen) atoms. The number of benzene rings is 1. The van der Waals surface area contributed by atoms with Crippen molar-refractivity contribution >= 4 is 0 Å². The van der Waals surface area contributed by atoms with Gasteiger partial charge in [0.1, 0.15) is 0 Å². The van der Waals surface area contributed by atoms with Crippen LogP contribution in [0.2, 0.25) is 0 Å². The first-order valence-electron chi connectivity index (χ1n) is 3.43. The zero-order valence-electron chi connectivity index (χ0n) is 6.46. The van der Waals surface area contributed by atoms with Crippen LogP contribution < -0.4 is 5.32 Å². The van der Waals surface area contributed by atoms with Crippen molar-refractivity contribution in [2.45, 2.75) is 0 Å². The van der Waals surface area contributed by atoms with Gasteiger partial charge in [0.2, 0.25) is 0 Å². The van der Waals surface area contributed by atoms with Gasteiger partial charge in [0.05, 0.1) is 0 Å². The van der Waals surface area contributed by atoms with Gasteiger partial charge in [0.25, 0.3) is 0 Å². The summed E-state index contributed by atoms with van der Waals surface area (Å²) in [5.41, 5.74) is 0. The van der Waals surface area contributed by atoms with E-state index in [-0.39, 0.29) is 32.7 Å². The van der Waals surface area contributed by atoms with Gasteiger partial charge in [-0.3, -0.25) is 0 Å². The Bertz CT molecular complexity index is 118. The maximum atomic E-state index is 3.06. The summed E-state index contributed by atoms with van der Waals surface area (Å²) in [5, 5.41) is 3.06. The van der Waals surface area contributed by atoms with Gasteiger partial charge in [0.15, 0.2) is 0 Å². The topological polar surface area (TPSA) is 12.0 Å². The van der Waals surface area contributed by atoms with Crippen molar-refractivity contribution in [2.75, 3.05) is 13.1 Å². The monoisotopic (exact) mass is 222 g/mol. The van der Waals surface area contributed by atoms with Crippen molar-refractivity contribution < 1.29 is 32.7 Å². The molecule has 0 amide bonds. The van der Waals surface area contributed by atoms with E-state index in [1.807, 2.05) is 30.3 Å². The minimum absolute atomic E-state index is 0. The van der Waals surface area contributed by atoms with E-state index >= 15 is 0 Å². The second kappa shape index (κ2) is 8.38. The van der Waals surface area contributed by atoms with Crippen molar-refractivity contribution in [1.82, 2.24) is 5.32 Å². The third-order valence-corrected chi connectivity index (χ3v) is 1.18. The van der Waals surface area contributed by atoms with E-state index in [0.29, 0.717) is 0 Å². The Morgan fingerprint density at radius 2 is 1.55 bits per heavy atom. The van der Waals surface area contributed by atoms with Crippen molar-refractivity contribution in [3.8, 4) is 0 Å². The van der Waals surface area contributed by atoms with Crippen LogP contribution in [0.25, 0.3) is 0 Å². The smallest absolute Gasteiger partial charge is 0 e. The second-order valence-corrected chi connectivity index (χ2v) is 2.02. The Labute approximate surface area is 93.5 Å². The Morgan fingerprint density at radius 1 is 1.09 bits per heavy atom. The molecule has 1 radical (unpaired) electrons. The maximum absolute atomic E-state index is 3.06. The molecule has 1 N–H and O–H groups in total. The zero-order chi connectivity index (χ0) is 7.07. The van der Waals surface area contributed by atoms with Crippen LogP contribution in [0.4, 0.5) is 0 Å². The van der Waals surface area contributed by atoms with Gasteiger partial charge in [-0.15, -0.1) is 13.1 Å². The summed E-state index contributed by atoms with van der Waals surface area (Å²) >= 11 is 0. The van der Waals surface area contributed by atoms with Gasteiger partial charge in [0, 0.05) is 32.7 Å². The summed E-state index contributed by atoms with van der Waals surface area (Å²) in [4.78, 5) is 0. The molecule has 1 fully saturated rings. The number of nitrogens with one attached hydrogen (secondary N) is 1. The molecule has 0 bridgehead atoms. The predicted molar refractivity (Wildman–Crippen MR) is 42.4 cm³/mol. The third kappa shape index (κ3) is 6.67. The Kier molecular flexibility index (Phi) is 8.60. The molecule has 1 aromatic carbocycles. The first kappa shape index (κ1) is 11.3. The summed E-state index contributed by atoms with van der Waals surface area (Å²) in [5.74, 6) is 0. The fraction of sp³-hybridized carbons (Fsp3) is 0.222. The van der Waals surface area contributed by atoms with E-state index in [9.17, 15) is 0 Å². The molecule has 1 aliphatic heterocycles. The molecule has 57 valence electrons. The van der Waals surface area contributed by atoms with E-state index < -0.39 is 0 Å². The second-order valence-electron chi connectivity index (χ2n) is 2.02. The van der Waals surface area contributed by atoms with Gasteiger partial charge in [-0.2, -0.15) is 36.4 Å². The molecule has 1 heterocycles. The van der Waals surface area contributed by atoms with Gasteiger partial charge in [-0.1, -0.05) is 0 Å². The van der Waals surface area contributed by atoms with Crippen LogP contribution in [-0.4, -0.2) is 13.1 Å². The zero-order valence-corrected chi connectivity index (χ0v) is 9.29. The van der Waals surface area contributed by atoms with Crippen LogP contribution >= 0.6 is 0 Å². The normalized spacial score (nSPS) is 13.1. The van der Waals surface area contributed by atoms with Gasteiger partial charge in [-0.25, -0.2) is 0 Å². The molecular formula is C9H11NY-2. The molecule has 2 heteroatoms. The molecule has 2 rings (SSSR count). The van der Waals surface area contributed by atoms with Crippen molar-refractivity contribution in [2.24, 2.45) is 0 Å². The standard InChI is InChI=1S/C6H5.C3H6N.Y/c1-2-4-6-5-3-1;1-2-4-3-1;/h1-5H;1,4H,2-3H2;/q2*-1;. The van der Waals surface area contributed by atoms with E-state index in [4.69, 9.17) is 0 Å². The van der Waals surface area contributed by atoms with Crippen molar-refractivity contribution in [3.05, 3.63) is 42.8 Å². The maximum Gasteiger partial charge on any atom is 0 e. The van der Waals surface area contributed by atoms with Crippen LogP contribution in [0.5, 0.6) is 0 Å². The first-order valence-corrected chi connectivity index (χ1v) is 3.43. The van der Waals surface area contributed by atoms with Crippen molar-refractivity contribution in [1.29, 1.82) is 0 Å². The van der Waals surface area contributed by atoms with E-state index in [0.717, 1.165) is 13.1 Å². The Hall–Kier alpha value is 0.284. The summed E-state index contributed by atoms with van der Waals surface area (Å²) in [6.45, 7) is 2.25. The van der Waals surface area contributed by atoms with Crippen LogP contribution in [0.3, 0.4) is 0 Å². The summed E-state index contributed by atoms with van der Waals surface area (Å²) in [6.07, 6.45) is 2.19. The molecule has 1 aromatic rings. The minimum Gasteiger partial charge on any atom is -0.376 e. The molecule has 0 aliphatic carbocycles. The average molecular weight is 222 g/mol. The molecule has 0 spiro atoms. The number of rotatable bonds is 0. The fourth-order valence-corrected chi connectivity index (χ4v) is 0.486. The molecule has 1 aliphatic rings. The average Bonchev–Trinajstić information content (AvgIpc) is 1.88. The van der Waals surface area contributed by atoms with Crippen LogP contribution in [0.15, 0.2) is 30.3 Å². The molecule has 1 saturated heterocycles. The fourth-order valence-electron chi connectivity index (χ4n) is 0.486. The number of hydrogen-bond donors (Lipinski definition) is 1. The van der Waals surface area contributed by atoms with Crippen LogP contribution in [0, 0.1) is 12.5 Å². The first-order chi connectivity index (χ1) is 5.00. The quantitative estimate of drug-likeness (QED) is 0.652. The summed E-state index contributed by atoms with van der Waals surface area (Å²) in [7, 11) is 0. The van der Waals surface area contributed by atoms with Gasteiger partial charge >= 0.3 is 0 Å². The molecule has 0 aromatic heterocycles. The van der Waals surface area contributed by atoms with Gasteiger partial charge < -0.3 is 11.7 Å². The Morgan fingerprint density at radius 3 is 1.64 bits per heavy atom. The van der Waals surface area contributed by atoms with E-state index in [1.54, 1.807) is 0 Å². The molecule has 0 unspecified atom stereocenters. The van der Waals surface area contributed by atoms with Crippen molar-refractivity contribution in [3.63, 3.8) is 0 Å². The summed E-state index contributed by atoms with van der Waals surface area (Å²) < 4.78 is 0. The predicted octanol–water partition coefficient (Wildman–Crippen LogP) is 1.28. The summed E-state index contributed by atoms with van der Waals surface area (Å²) in [6, 6.07) is 12.5. The Balaban J connectivity index is 0.000000177.